The van der Waals surface area contributed by atoms with E-state index in [1.54, 1.807) is 0 Å². The average molecular weight is 486 g/mol. The minimum Gasteiger partial charge on any atom is -0.480 e. The van der Waals surface area contributed by atoms with Crippen molar-refractivity contribution in [3.63, 3.8) is 0 Å². The van der Waals surface area contributed by atoms with Crippen molar-refractivity contribution in [1.29, 1.82) is 0 Å². The van der Waals surface area contributed by atoms with Crippen molar-refractivity contribution in [2.24, 2.45) is 11.1 Å². The van der Waals surface area contributed by atoms with Crippen molar-refractivity contribution in [3.05, 3.63) is 0 Å². The van der Waals surface area contributed by atoms with E-state index in [4.69, 9.17) is 20.2 Å². The van der Waals surface area contributed by atoms with Crippen LogP contribution in [0.5, 0.6) is 0 Å². The van der Waals surface area contributed by atoms with Crippen molar-refractivity contribution in [2.45, 2.75) is 69.5 Å². The van der Waals surface area contributed by atoms with E-state index in [1.165, 1.54) is 4.90 Å². The number of hydroxylamine groups is 3. The fourth-order valence-electron chi connectivity index (χ4n) is 4.92. The molecule has 0 amide bonds. The molecule has 14 nitrogen and oxygen atoms in total. The van der Waals surface area contributed by atoms with E-state index in [9.17, 15) is 34.2 Å². The Bertz CT molecular complexity index is 801. The van der Waals surface area contributed by atoms with Crippen molar-refractivity contribution >= 4 is 29.8 Å². The van der Waals surface area contributed by atoms with Crippen LogP contribution < -0.4 is 11.2 Å². The van der Waals surface area contributed by atoms with Gasteiger partial charge in [0.15, 0.2) is 0 Å². The number of carboxylic acid groups (broad SMARTS) is 2. The minimum absolute atomic E-state index is 0.00124. The van der Waals surface area contributed by atoms with Gasteiger partial charge in [-0.05, 0) is 38.6 Å². The van der Waals surface area contributed by atoms with Crippen LogP contribution in [-0.2, 0) is 38.5 Å². The topological polar surface area (TPSA) is 198 Å². The molecule has 0 saturated carbocycles. The van der Waals surface area contributed by atoms with E-state index in [0.717, 1.165) is 0 Å². The Morgan fingerprint density at radius 2 is 1.79 bits per heavy atom. The van der Waals surface area contributed by atoms with Crippen molar-refractivity contribution in [3.8, 4) is 0 Å². The second-order valence-corrected chi connectivity index (χ2v) is 8.78. The zero-order valence-electron chi connectivity index (χ0n) is 18.6. The molecule has 2 bridgehead atoms. The smallest absolute Gasteiger partial charge is 0.332 e. The molecule has 0 aromatic heterocycles. The first-order chi connectivity index (χ1) is 16.2. The molecule has 4 saturated heterocycles. The molecule has 4 aliphatic rings. The molecular formula is C20H30N4O10. The summed E-state index contributed by atoms with van der Waals surface area (Å²) in [4.78, 5) is 78.8. The molecule has 190 valence electrons. The fourth-order valence-corrected chi connectivity index (χ4v) is 4.92. The van der Waals surface area contributed by atoms with Crippen LogP contribution in [0.4, 0.5) is 0 Å². The molecule has 0 radical (unpaired) electrons. The molecule has 0 spiro atoms. The third-order valence-corrected chi connectivity index (χ3v) is 6.41. The van der Waals surface area contributed by atoms with E-state index in [1.807, 2.05) is 0 Å². The lowest BCUT2D eigenvalue weighted by atomic mass is 9.75. The van der Waals surface area contributed by atoms with E-state index in [2.05, 4.69) is 5.48 Å². The Morgan fingerprint density at radius 1 is 1.12 bits per heavy atom. The van der Waals surface area contributed by atoms with E-state index in [0.29, 0.717) is 24.6 Å². The first-order valence-electron chi connectivity index (χ1n) is 11.2. The summed E-state index contributed by atoms with van der Waals surface area (Å²) in [7, 11) is 0. The highest BCUT2D eigenvalue weighted by molar-refractivity contribution is 5.88. The Hall–Kier alpha value is -2.81. The number of unbranched alkanes of at least 4 members (excludes halogenated alkanes) is 1. The maximum Gasteiger partial charge on any atom is 0.332 e. The Kier molecular flexibility index (Phi) is 8.41. The van der Waals surface area contributed by atoms with E-state index < -0.39 is 66.2 Å². The Morgan fingerprint density at radius 3 is 2.38 bits per heavy atom. The van der Waals surface area contributed by atoms with Gasteiger partial charge in [0.25, 0.3) is 0 Å². The average Bonchev–Trinajstić information content (AvgIpc) is 3.15. The standard InChI is InChI=1S/C20H30N4O10/c21-6-2-1-3-13(17(27)28)24-12(4-5-14(24)18(29)30)9-20-10-15(25)33-23(34-16(26)11-20)8-7-22-32-19(20)31/h12-14,22H,1-11,21H2,(H,27,28)(H,29,30)/t12-,13?,14+/m0/s1. The number of nitrogens with two attached hydrogens (primary N) is 1. The highest BCUT2D eigenvalue weighted by Gasteiger charge is 2.53. The van der Waals surface area contributed by atoms with Crippen molar-refractivity contribution in [2.75, 3.05) is 19.6 Å². The number of hydrogen-bond donors (Lipinski definition) is 4. The number of nitrogens with one attached hydrogen (secondary N) is 1. The van der Waals surface area contributed by atoms with Gasteiger partial charge >= 0.3 is 29.8 Å². The van der Waals surface area contributed by atoms with Gasteiger partial charge in [-0.2, -0.15) is 5.48 Å². The van der Waals surface area contributed by atoms with Crippen LogP contribution in [0.3, 0.4) is 0 Å². The molecule has 4 rings (SSSR count). The van der Waals surface area contributed by atoms with Crippen molar-refractivity contribution < 1.29 is 48.7 Å². The second kappa shape index (κ2) is 11.1. The van der Waals surface area contributed by atoms with E-state index >= 15 is 0 Å². The molecule has 34 heavy (non-hydrogen) atoms. The zero-order valence-corrected chi connectivity index (χ0v) is 18.6. The maximum atomic E-state index is 13.1. The fraction of sp³-hybridized carbons (Fsp3) is 0.750. The van der Waals surface area contributed by atoms with Crippen LogP contribution in [0, 0.1) is 5.41 Å². The number of carbonyl (C=O) groups excluding carboxylic acids is 3. The van der Waals surface area contributed by atoms with Gasteiger partial charge < -0.3 is 30.5 Å². The van der Waals surface area contributed by atoms with Gasteiger partial charge in [0.05, 0.1) is 31.3 Å². The summed E-state index contributed by atoms with van der Waals surface area (Å²) < 4.78 is 0. The van der Waals surface area contributed by atoms with Crippen LogP contribution in [-0.4, -0.2) is 87.9 Å². The number of carboxylic acids is 2. The van der Waals surface area contributed by atoms with Gasteiger partial charge in [-0.15, -0.1) is 0 Å². The van der Waals surface area contributed by atoms with Gasteiger partial charge in [0.1, 0.15) is 12.1 Å². The SMILES string of the molecule is NCCCCC(C(=O)O)N1[C@H](CC23CC(=O)ON(CCNOC2=O)OC(=O)C3)CC[C@@H]1C(=O)O. The quantitative estimate of drug-likeness (QED) is 0.287. The third kappa shape index (κ3) is 5.81. The van der Waals surface area contributed by atoms with E-state index in [-0.39, 0.29) is 38.8 Å². The number of rotatable bonds is 9. The lowest BCUT2D eigenvalue weighted by Gasteiger charge is -2.40. The molecular weight excluding hydrogens is 456 g/mol. The highest BCUT2D eigenvalue weighted by Crippen LogP contribution is 2.42. The maximum absolute atomic E-state index is 13.1. The number of likely N-dealkylation sites (tertiary alicyclic amines) is 1. The van der Waals surface area contributed by atoms with Crippen molar-refractivity contribution in [1.82, 2.24) is 15.6 Å². The number of hydrogen-bond acceptors (Lipinski definition) is 12. The summed E-state index contributed by atoms with van der Waals surface area (Å²) in [5.41, 5.74) is 6.22. The van der Waals surface area contributed by atoms with Gasteiger partial charge in [-0.1, -0.05) is 6.42 Å². The van der Waals surface area contributed by atoms with Gasteiger partial charge in [0, 0.05) is 11.3 Å². The number of carbonyl (C=O) groups is 5. The second-order valence-electron chi connectivity index (χ2n) is 8.78. The Labute approximate surface area is 195 Å². The summed E-state index contributed by atoms with van der Waals surface area (Å²) in [5, 5.41) is 20.4. The van der Waals surface area contributed by atoms with Crippen LogP contribution in [0.25, 0.3) is 0 Å². The molecule has 0 aliphatic carbocycles. The molecule has 5 N–H and O–H groups in total. The number of fused-ring (bicyclic) bond motifs is 8. The first kappa shape index (κ1) is 25.8. The van der Waals surface area contributed by atoms with Gasteiger partial charge in [-0.25, -0.2) is 4.79 Å². The number of nitrogens with zero attached hydrogens (tertiary/aromatic N) is 2. The highest BCUT2D eigenvalue weighted by atomic mass is 17.0. The van der Waals surface area contributed by atoms with Crippen LogP contribution in [0.15, 0.2) is 0 Å². The van der Waals surface area contributed by atoms with Gasteiger partial charge in [-0.3, -0.25) is 24.1 Å². The molecule has 4 heterocycles. The lowest BCUT2D eigenvalue weighted by Crippen LogP contribution is -2.54. The molecule has 0 aromatic carbocycles. The molecule has 14 heteroatoms. The normalized spacial score (nSPS) is 31.2. The molecule has 4 aliphatic heterocycles. The summed E-state index contributed by atoms with van der Waals surface area (Å²) >= 11 is 0. The third-order valence-electron chi connectivity index (χ3n) is 6.41. The zero-order chi connectivity index (χ0) is 24.9. The molecule has 4 fully saturated rings. The Balaban J connectivity index is 1.95. The van der Waals surface area contributed by atoms with Crippen LogP contribution >= 0.6 is 0 Å². The largest absolute Gasteiger partial charge is 0.480 e. The number of aliphatic carboxylic acids is 2. The minimum atomic E-state index is -1.73. The summed E-state index contributed by atoms with van der Waals surface area (Å²) in [6, 6.07) is -2.98. The summed E-state index contributed by atoms with van der Waals surface area (Å²) in [5.74, 6) is -4.94. The van der Waals surface area contributed by atoms with Crippen LogP contribution in [0.2, 0.25) is 0 Å². The molecule has 1 unspecified atom stereocenters. The molecule has 3 atom stereocenters. The summed E-state index contributed by atoms with van der Waals surface area (Å²) in [6.07, 6.45) is 0.346. The summed E-state index contributed by atoms with van der Waals surface area (Å²) in [6.45, 7) is 0.292. The first-order valence-corrected chi connectivity index (χ1v) is 11.2. The lowest BCUT2D eigenvalue weighted by molar-refractivity contribution is -0.332. The molecule has 0 aromatic rings. The predicted octanol–water partition coefficient (Wildman–Crippen LogP) is -1.06. The predicted molar refractivity (Wildman–Crippen MR) is 110 cm³/mol. The van der Waals surface area contributed by atoms with Gasteiger partial charge in [0.2, 0.25) is 0 Å². The van der Waals surface area contributed by atoms with Crippen LogP contribution in [0.1, 0.15) is 51.4 Å². The monoisotopic (exact) mass is 486 g/mol.